The van der Waals surface area contributed by atoms with Crippen molar-refractivity contribution in [2.75, 3.05) is 33.3 Å². The van der Waals surface area contributed by atoms with E-state index in [9.17, 15) is 9.59 Å². The van der Waals surface area contributed by atoms with Crippen LogP contribution in [0.4, 0.5) is 10.5 Å². The molecule has 0 unspecified atom stereocenters. The largest absolute Gasteiger partial charge is 0.464 e. The maximum atomic E-state index is 12.9. The molecule has 1 saturated heterocycles. The summed E-state index contributed by atoms with van der Waals surface area (Å²) < 4.78 is 12.6. The number of ether oxygens (including phenoxy) is 2. The Morgan fingerprint density at radius 3 is 1.93 bits per heavy atom. The Morgan fingerprint density at radius 2 is 1.36 bits per heavy atom. The first-order valence-corrected chi connectivity index (χ1v) is 15.1. The third-order valence-corrected chi connectivity index (χ3v) is 9.27. The zero-order valence-electron chi connectivity index (χ0n) is 24.8. The summed E-state index contributed by atoms with van der Waals surface area (Å²) in [5.41, 5.74) is 4.36. The fourth-order valence-corrected chi connectivity index (χ4v) is 6.97. The predicted octanol–water partition coefficient (Wildman–Crippen LogP) is 5.42. The van der Waals surface area contributed by atoms with Crippen LogP contribution < -0.4 is 0 Å². The van der Waals surface area contributed by atoms with Gasteiger partial charge in [0.25, 0.3) is 0 Å². The number of methoxy groups -OCH3 is 1. The first-order valence-electron chi connectivity index (χ1n) is 15.1. The predicted molar refractivity (Wildman–Crippen MR) is 166 cm³/mol. The van der Waals surface area contributed by atoms with E-state index >= 15 is 0 Å². The SMILES string of the molecule is COC(=O)c1nn(C23CC(N4CCN(C(=O)OCc5ccccc5)CC4)(C2)C3)cc1N=C(c1ccccc1)c1ccccc1. The Bertz CT molecular complexity index is 1620. The van der Waals surface area contributed by atoms with E-state index in [0.29, 0.717) is 18.8 Å². The molecule has 1 amide bonds. The molecule has 0 atom stereocenters. The molecule has 4 fully saturated rings. The number of rotatable bonds is 8. The number of benzene rings is 3. The second-order valence-electron chi connectivity index (χ2n) is 12.0. The van der Waals surface area contributed by atoms with Crippen LogP contribution in [0.1, 0.15) is 46.4 Å². The van der Waals surface area contributed by atoms with Gasteiger partial charge in [0.05, 0.1) is 24.6 Å². The number of esters is 1. The van der Waals surface area contributed by atoms with Crippen molar-refractivity contribution < 1.29 is 19.1 Å². The van der Waals surface area contributed by atoms with Crippen LogP contribution in [-0.4, -0.2) is 76.2 Å². The summed E-state index contributed by atoms with van der Waals surface area (Å²) in [6.45, 7) is 3.22. The van der Waals surface area contributed by atoms with Crippen molar-refractivity contribution in [2.45, 2.75) is 36.9 Å². The zero-order chi connectivity index (χ0) is 30.1. The highest BCUT2D eigenvalue weighted by atomic mass is 16.6. The minimum absolute atomic E-state index is 0.111. The average molecular weight is 590 g/mol. The number of hydrogen-bond acceptors (Lipinski definition) is 7. The van der Waals surface area contributed by atoms with Gasteiger partial charge in [0, 0.05) is 42.8 Å². The van der Waals surface area contributed by atoms with Crippen LogP contribution in [0.3, 0.4) is 0 Å². The third kappa shape index (κ3) is 5.07. The van der Waals surface area contributed by atoms with Gasteiger partial charge < -0.3 is 14.4 Å². The molecule has 3 saturated carbocycles. The van der Waals surface area contributed by atoms with Crippen LogP contribution in [0, 0.1) is 0 Å². The molecule has 9 nitrogen and oxygen atoms in total. The number of aromatic nitrogens is 2. The number of carbonyl (C=O) groups is 2. The van der Waals surface area contributed by atoms with Crippen molar-refractivity contribution in [1.82, 2.24) is 19.6 Å². The van der Waals surface area contributed by atoms with Crippen LogP contribution in [0.5, 0.6) is 0 Å². The van der Waals surface area contributed by atoms with Gasteiger partial charge >= 0.3 is 12.1 Å². The lowest BCUT2D eigenvalue weighted by molar-refractivity contribution is -0.216. The summed E-state index contributed by atoms with van der Waals surface area (Å²) in [5.74, 6) is -0.500. The number of hydrogen-bond donors (Lipinski definition) is 0. The van der Waals surface area contributed by atoms with Crippen molar-refractivity contribution in [3.05, 3.63) is 120 Å². The summed E-state index contributed by atoms with van der Waals surface area (Å²) in [5, 5.41) is 4.76. The molecule has 2 bridgehead atoms. The molecule has 0 spiro atoms. The summed E-state index contributed by atoms with van der Waals surface area (Å²) in [7, 11) is 1.37. The molecule has 2 heterocycles. The molecule has 1 aliphatic heterocycles. The van der Waals surface area contributed by atoms with E-state index in [2.05, 4.69) is 4.90 Å². The summed E-state index contributed by atoms with van der Waals surface area (Å²) in [6.07, 6.45) is 4.51. The van der Waals surface area contributed by atoms with E-state index in [-0.39, 0.29) is 29.5 Å². The van der Waals surface area contributed by atoms with Gasteiger partial charge in [-0.05, 0) is 24.8 Å². The number of carbonyl (C=O) groups excluding carboxylic acids is 2. The van der Waals surface area contributed by atoms with Crippen LogP contribution in [-0.2, 0) is 21.6 Å². The van der Waals surface area contributed by atoms with Crippen molar-refractivity contribution in [3.63, 3.8) is 0 Å². The minimum Gasteiger partial charge on any atom is -0.464 e. The maximum Gasteiger partial charge on any atom is 0.410 e. The molecular weight excluding hydrogens is 554 g/mol. The van der Waals surface area contributed by atoms with Crippen LogP contribution in [0.2, 0.25) is 0 Å². The Balaban J connectivity index is 1.05. The summed E-state index contributed by atoms with van der Waals surface area (Å²) in [6, 6.07) is 29.7. The molecule has 0 N–H and O–H groups in total. The van der Waals surface area contributed by atoms with Gasteiger partial charge in [-0.3, -0.25) is 9.58 Å². The second-order valence-corrected chi connectivity index (χ2v) is 12.0. The number of amides is 1. The Labute approximate surface area is 256 Å². The van der Waals surface area contributed by atoms with Crippen molar-refractivity contribution in [1.29, 1.82) is 0 Å². The highest BCUT2D eigenvalue weighted by Gasteiger charge is 2.72. The number of nitrogens with zero attached hydrogens (tertiary/aromatic N) is 5. The van der Waals surface area contributed by atoms with E-state index < -0.39 is 5.97 Å². The third-order valence-electron chi connectivity index (χ3n) is 9.27. The molecule has 0 radical (unpaired) electrons. The standard InChI is InChI=1S/C35H35N5O4/c1-43-32(41)31-29(36-30(27-13-7-3-8-14-27)28-15-9-4-10-16-28)21-40(37-31)35-23-34(24-35,25-35)39-19-17-38(18-20-39)33(42)44-22-26-11-5-2-6-12-26/h2-16,21H,17-20,22-25H2,1H3. The molecule has 4 aliphatic rings. The van der Waals surface area contributed by atoms with Crippen LogP contribution in [0.25, 0.3) is 0 Å². The molecule has 9 heteroatoms. The lowest BCUT2D eigenvalue weighted by atomic mass is 9.43. The molecule has 224 valence electrons. The van der Waals surface area contributed by atoms with Crippen molar-refractivity contribution in [2.24, 2.45) is 4.99 Å². The fraction of sp³-hybridized carbons (Fsp3) is 0.314. The minimum atomic E-state index is -0.500. The normalized spacial score (nSPS) is 22.3. The van der Waals surface area contributed by atoms with Gasteiger partial charge in [-0.15, -0.1) is 0 Å². The summed E-state index contributed by atoms with van der Waals surface area (Å²) >= 11 is 0. The van der Waals surface area contributed by atoms with E-state index in [1.807, 2.05) is 102 Å². The van der Waals surface area contributed by atoms with Crippen LogP contribution in [0.15, 0.2) is 102 Å². The molecule has 1 aromatic heterocycles. The van der Waals surface area contributed by atoms with Gasteiger partial charge in [-0.1, -0.05) is 91.0 Å². The lowest BCUT2D eigenvalue weighted by Crippen LogP contribution is -2.80. The van der Waals surface area contributed by atoms with E-state index in [4.69, 9.17) is 19.6 Å². The maximum absolute atomic E-state index is 12.9. The molecule has 44 heavy (non-hydrogen) atoms. The second kappa shape index (κ2) is 11.4. The van der Waals surface area contributed by atoms with E-state index in [0.717, 1.165) is 54.8 Å². The van der Waals surface area contributed by atoms with Gasteiger partial charge in [-0.2, -0.15) is 5.10 Å². The van der Waals surface area contributed by atoms with Gasteiger partial charge in [0.15, 0.2) is 5.69 Å². The smallest absolute Gasteiger partial charge is 0.410 e. The Hall–Kier alpha value is -4.76. The highest BCUT2D eigenvalue weighted by molar-refractivity contribution is 6.14. The van der Waals surface area contributed by atoms with Gasteiger partial charge in [-0.25, -0.2) is 14.6 Å². The summed E-state index contributed by atoms with van der Waals surface area (Å²) in [4.78, 5) is 34.8. The quantitative estimate of drug-likeness (QED) is 0.201. The molecule has 3 aromatic carbocycles. The first kappa shape index (κ1) is 28.0. The topological polar surface area (TPSA) is 89.3 Å². The van der Waals surface area contributed by atoms with Gasteiger partial charge in [0.2, 0.25) is 0 Å². The number of piperazine rings is 1. The Morgan fingerprint density at radius 1 is 0.795 bits per heavy atom. The molecule has 3 aliphatic carbocycles. The average Bonchev–Trinajstić information content (AvgIpc) is 3.46. The van der Waals surface area contributed by atoms with Crippen molar-refractivity contribution >= 4 is 23.5 Å². The van der Waals surface area contributed by atoms with Gasteiger partial charge in [0.1, 0.15) is 12.3 Å². The first-order chi connectivity index (χ1) is 21.5. The van der Waals surface area contributed by atoms with E-state index in [1.54, 1.807) is 4.90 Å². The van der Waals surface area contributed by atoms with Crippen molar-refractivity contribution in [3.8, 4) is 0 Å². The molecule has 4 aromatic rings. The highest BCUT2D eigenvalue weighted by Crippen LogP contribution is 2.68. The van der Waals surface area contributed by atoms with E-state index in [1.165, 1.54) is 7.11 Å². The lowest BCUT2D eigenvalue weighted by Gasteiger charge is -2.74. The monoisotopic (exact) mass is 589 g/mol. The fourth-order valence-electron chi connectivity index (χ4n) is 6.97. The zero-order valence-corrected chi connectivity index (χ0v) is 24.8. The molecule has 8 rings (SSSR count). The van der Waals surface area contributed by atoms with Crippen LogP contribution >= 0.6 is 0 Å². The number of aliphatic imine (C=N–C) groups is 1. The Kier molecular flexibility index (Phi) is 7.26. The molecular formula is C35H35N5O4.